The lowest BCUT2D eigenvalue weighted by molar-refractivity contribution is -0.128. The van der Waals surface area contributed by atoms with Crippen LogP contribution < -0.4 is 15.0 Å². The van der Waals surface area contributed by atoms with Crippen molar-refractivity contribution in [3.8, 4) is 5.75 Å². The molecule has 136 valence electrons. The van der Waals surface area contributed by atoms with E-state index >= 15 is 0 Å². The van der Waals surface area contributed by atoms with Crippen molar-refractivity contribution in [1.29, 1.82) is 0 Å². The van der Waals surface area contributed by atoms with Crippen LogP contribution in [0.25, 0.3) is 0 Å². The van der Waals surface area contributed by atoms with Crippen molar-refractivity contribution in [2.75, 3.05) is 11.4 Å². The first-order chi connectivity index (χ1) is 13.2. The van der Waals surface area contributed by atoms with Gasteiger partial charge in [0.1, 0.15) is 5.75 Å². The van der Waals surface area contributed by atoms with Gasteiger partial charge < -0.3 is 14.5 Å². The fourth-order valence-corrected chi connectivity index (χ4v) is 3.00. The minimum absolute atomic E-state index is 0.108. The van der Waals surface area contributed by atoms with Crippen molar-refractivity contribution in [2.45, 2.75) is 12.6 Å². The number of para-hydroxylation sites is 2. The standard InChI is InChI=1S/C21H18N2O4/c24-20(22-13-15-7-2-1-3-8-15)19-14-23(21(25)18-11-6-12-26-18)16-9-4-5-10-17(16)27-19/h1-12,19H,13-14H2,(H,22,24). The summed E-state index contributed by atoms with van der Waals surface area (Å²) in [6.45, 7) is 0.504. The Bertz CT molecular complexity index is 938. The minimum atomic E-state index is -0.803. The van der Waals surface area contributed by atoms with E-state index < -0.39 is 6.10 Å². The maximum atomic E-state index is 12.8. The Morgan fingerprint density at radius 1 is 1.00 bits per heavy atom. The Hall–Kier alpha value is -3.54. The molecule has 0 bridgehead atoms. The highest BCUT2D eigenvalue weighted by Crippen LogP contribution is 2.34. The molecule has 27 heavy (non-hydrogen) atoms. The van der Waals surface area contributed by atoms with Gasteiger partial charge in [-0.15, -0.1) is 0 Å². The summed E-state index contributed by atoms with van der Waals surface area (Å²) in [6.07, 6.45) is 0.645. The van der Waals surface area contributed by atoms with Gasteiger partial charge in [0.15, 0.2) is 11.9 Å². The number of furan rings is 1. The summed E-state index contributed by atoms with van der Waals surface area (Å²) < 4.78 is 11.1. The molecule has 1 aromatic heterocycles. The SMILES string of the molecule is O=C(NCc1ccccc1)C1CN(C(=O)c2ccco2)c2ccccc2O1. The lowest BCUT2D eigenvalue weighted by atomic mass is 10.1. The number of anilines is 1. The van der Waals surface area contributed by atoms with E-state index in [4.69, 9.17) is 9.15 Å². The summed E-state index contributed by atoms with van der Waals surface area (Å²) in [5.74, 6) is 0.126. The molecular formula is C21H18N2O4. The van der Waals surface area contributed by atoms with Gasteiger partial charge in [-0.2, -0.15) is 0 Å². The molecule has 1 unspecified atom stereocenters. The third-order valence-electron chi connectivity index (χ3n) is 4.35. The first-order valence-electron chi connectivity index (χ1n) is 8.65. The molecule has 0 spiro atoms. The maximum absolute atomic E-state index is 12.8. The van der Waals surface area contributed by atoms with Gasteiger partial charge in [0.05, 0.1) is 18.5 Å². The largest absolute Gasteiger partial charge is 0.477 e. The molecule has 3 aromatic rings. The molecule has 1 N–H and O–H groups in total. The molecule has 0 radical (unpaired) electrons. The molecule has 2 amide bonds. The number of benzene rings is 2. The van der Waals surface area contributed by atoms with Gasteiger partial charge in [-0.3, -0.25) is 14.5 Å². The fourth-order valence-electron chi connectivity index (χ4n) is 3.00. The maximum Gasteiger partial charge on any atom is 0.294 e. The Balaban J connectivity index is 1.53. The third-order valence-corrected chi connectivity index (χ3v) is 4.35. The van der Waals surface area contributed by atoms with Crippen LogP contribution in [0.5, 0.6) is 5.75 Å². The monoisotopic (exact) mass is 362 g/mol. The van der Waals surface area contributed by atoms with Crippen molar-refractivity contribution in [3.05, 3.63) is 84.3 Å². The number of fused-ring (bicyclic) bond motifs is 1. The molecule has 0 saturated carbocycles. The van der Waals surface area contributed by atoms with Crippen LogP contribution in [0.3, 0.4) is 0 Å². The van der Waals surface area contributed by atoms with E-state index in [-0.39, 0.29) is 24.1 Å². The molecule has 6 heteroatoms. The number of rotatable bonds is 4. The number of carbonyl (C=O) groups excluding carboxylic acids is 2. The van der Waals surface area contributed by atoms with E-state index in [0.717, 1.165) is 5.56 Å². The van der Waals surface area contributed by atoms with Crippen molar-refractivity contribution in [1.82, 2.24) is 5.32 Å². The Labute approximate surface area is 156 Å². The average molecular weight is 362 g/mol. The molecular weight excluding hydrogens is 344 g/mol. The zero-order valence-electron chi connectivity index (χ0n) is 14.5. The molecule has 2 aromatic carbocycles. The van der Waals surface area contributed by atoms with Crippen LogP contribution >= 0.6 is 0 Å². The molecule has 1 aliphatic heterocycles. The number of nitrogens with one attached hydrogen (secondary N) is 1. The average Bonchev–Trinajstić information content (AvgIpc) is 3.26. The summed E-state index contributed by atoms with van der Waals surface area (Å²) >= 11 is 0. The summed E-state index contributed by atoms with van der Waals surface area (Å²) in [7, 11) is 0. The van der Waals surface area contributed by atoms with E-state index in [2.05, 4.69) is 5.32 Å². The highest BCUT2D eigenvalue weighted by Gasteiger charge is 2.34. The quantitative estimate of drug-likeness (QED) is 0.774. The Morgan fingerprint density at radius 3 is 2.56 bits per heavy atom. The molecule has 6 nitrogen and oxygen atoms in total. The number of nitrogens with zero attached hydrogens (tertiary/aromatic N) is 1. The number of carbonyl (C=O) groups is 2. The second-order valence-electron chi connectivity index (χ2n) is 6.17. The van der Waals surface area contributed by atoms with Crippen LogP contribution in [0, 0.1) is 0 Å². The van der Waals surface area contributed by atoms with Gasteiger partial charge >= 0.3 is 0 Å². The zero-order chi connectivity index (χ0) is 18.6. The first-order valence-corrected chi connectivity index (χ1v) is 8.65. The molecule has 0 saturated heterocycles. The number of amides is 2. The van der Waals surface area contributed by atoms with Crippen molar-refractivity contribution in [2.24, 2.45) is 0 Å². The third kappa shape index (κ3) is 3.55. The van der Waals surface area contributed by atoms with E-state index in [1.807, 2.05) is 36.4 Å². The van der Waals surface area contributed by atoms with Gasteiger partial charge in [-0.1, -0.05) is 42.5 Å². The lowest BCUT2D eigenvalue weighted by Crippen LogP contribution is -2.50. The molecule has 1 aliphatic rings. The highest BCUT2D eigenvalue weighted by molar-refractivity contribution is 6.06. The summed E-state index contributed by atoms with van der Waals surface area (Å²) in [5.41, 5.74) is 1.61. The Kier molecular flexibility index (Phi) is 4.61. The van der Waals surface area contributed by atoms with Gasteiger partial charge in [0.2, 0.25) is 0 Å². The lowest BCUT2D eigenvalue weighted by Gasteiger charge is -2.33. The molecule has 0 aliphatic carbocycles. The van der Waals surface area contributed by atoms with Crippen LogP contribution in [0.15, 0.2) is 77.4 Å². The first kappa shape index (κ1) is 16.9. The van der Waals surface area contributed by atoms with Crippen LogP contribution in [0.1, 0.15) is 16.1 Å². The summed E-state index contributed by atoms with van der Waals surface area (Å²) in [6, 6.07) is 20.0. The van der Waals surface area contributed by atoms with Gasteiger partial charge in [0.25, 0.3) is 11.8 Å². The topological polar surface area (TPSA) is 71.8 Å². The smallest absolute Gasteiger partial charge is 0.294 e. The minimum Gasteiger partial charge on any atom is -0.477 e. The molecule has 0 fully saturated rings. The van der Waals surface area contributed by atoms with Crippen LogP contribution in [-0.2, 0) is 11.3 Å². The second-order valence-corrected chi connectivity index (χ2v) is 6.17. The predicted octanol–water partition coefficient (Wildman–Crippen LogP) is 3.00. The highest BCUT2D eigenvalue weighted by atomic mass is 16.5. The number of ether oxygens (including phenoxy) is 1. The van der Waals surface area contributed by atoms with Crippen molar-refractivity contribution >= 4 is 17.5 Å². The summed E-state index contributed by atoms with van der Waals surface area (Å²) in [4.78, 5) is 27.0. The van der Waals surface area contributed by atoms with Crippen molar-refractivity contribution < 1.29 is 18.7 Å². The zero-order valence-corrected chi connectivity index (χ0v) is 14.5. The van der Waals surface area contributed by atoms with Gasteiger partial charge in [-0.05, 0) is 29.8 Å². The Morgan fingerprint density at radius 2 is 1.78 bits per heavy atom. The number of hydrogen-bond donors (Lipinski definition) is 1. The molecule has 4 rings (SSSR count). The van der Waals surface area contributed by atoms with E-state index in [1.54, 1.807) is 30.3 Å². The second kappa shape index (κ2) is 7.37. The van der Waals surface area contributed by atoms with Crippen LogP contribution in [0.4, 0.5) is 5.69 Å². The molecule has 2 heterocycles. The predicted molar refractivity (Wildman–Crippen MR) is 99.5 cm³/mol. The van der Waals surface area contributed by atoms with Crippen LogP contribution in [-0.4, -0.2) is 24.5 Å². The fraction of sp³-hybridized carbons (Fsp3) is 0.143. The van der Waals surface area contributed by atoms with Gasteiger partial charge in [-0.25, -0.2) is 0 Å². The van der Waals surface area contributed by atoms with Crippen LogP contribution in [0.2, 0.25) is 0 Å². The summed E-state index contributed by atoms with van der Waals surface area (Å²) in [5, 5.41) is 2.87. The number of hydrogen-bond acceptors (Lipinski definition) is 4. The van der Waals surface area contributed by atoms with E-state index in [9.17, 15) is 9.59 Å². The normalized spacial score (nSPS) is 15.6. The van der Waals surface area contributed by atoms with Gasteiger partial charge in [0, 0.05) is 6.54 Å². The van der Waals surface area contributed by atoms with Crippen molar-refractivity contribution in [3.63, 3.8) is 0 Å². The van der Waals surface area contributed by atoms with E-state index in [1.165, 1.54) is 11.2 Å². The van der Waals surface area contributed by atoms with E-state index in [0.29, 0.717) is 18.0 Å². The molecule has 1 atom stereocenters.